The topological polar surface area (TPSA) is 38.5 Å². The highest BCUT2D eigenvalue weighted by Gasteiger charge is 2.15. The van der Waals surface area contributed by atoms with Gasteiger partial charge in [0.2, 0.25) is 0 Å². The van der Waals surface area contributed by atoms with Gasteiger partial charge in [0.1, 0.15) is 0 Å². The molecule has 0 aliphatic carbocycles. The van der Waals surface area contributed by atoms with E-state index in [4.69, 9.17) is 22.7 Å². The average molecular weight is 218 g/mol. The molecule has 0 aliphatic heterocycles. The lowest BCUT2D eigenvalue weighted by Gasteiger charge is -2.29. The molecule has 0 aromatic rings. The minimum Gasteiger partial charge on any atom is -0.393 e. The van der Waals surface area contributed by atoms with Crippen molar-refractivity contribution in [3.8, 4) is 0 Å². The van der Waals surface area contributed by atoms with E-state index in [0.29, 0.717) is 11.0 Å². The van der Waals surface area contributed by atoms with Crippen LogP contribution in [0.2, 0.25) is 0 Å². The lowest BCUT2D eigenvalue weighted by molar-refractivity contribution is 0.124. The maximum Gasteiger partial charge on any atom is 0.0743 e. The van der Waals surface area contributed by atoms with Crippen LogP contribution in [0, 0.1) is 0 Å². The molecular weight excluding hydrogens is 196 g/mol. The van der Waals surface area contributed by atoms with Crippen LogP contribution in [-0.2, 0) is 4.74 Å². The predicted octanol–water partition coefficient (Wildman–Crippen LogP) is 1.41. The van der Waals surface area contributed by atoms with Gasteiger partial charge in [0.25, 0.3) is 0 Å². The molecule has 0 spiro atoms. The van der Waals surface area contributed by atoms with E-state index in [0.717, 1.165) is 32.5 Å². The highest BCUT2D eigenvalue weighted by Crippen LogP contribution is 2.08. The molecule has 0 aliphatic rings. The van der Waals surface area contributed by atoms with Crippen molar-refractivity contribution in [3.63, 3.8) is 0 Å². The monoisotopic (exact) mass is 218 g/mol. The lowest BCUT2D eigenvalue weighted by Crippen LogP contribution is -2.39. The summed E-state index contributed by atoms with van der Waals surface area (Å²) in [5.41, 5.74) is 5.56. The van der Waals surface area contributed by atoms with E-state index in [1.54, 1.807) is 7.11 Å². The molecule has 84 valence electrons. The van der Waals surface area contributed by atoms with Crippen molar-refractivity contribution in [2.24, 2.45) is 5.73 Å². The van der Waals surface area contributed by atoms with Crippen LogP contribution in [0.5, 0.6) is 0 Å². The summed E-state index contributed by atoms with van der Waals surface area (Å²) in [7, 11) is 1.72. The van der Waals surface area contributed by atoms with Crippen molar-refractivity contribution < 1.29 is 4.74 Å². The zero-order chi connectivity index (χ0) is 11.0. The Bertz CT molecular complexity index is 164. The van der Waals surface area contributed by atoms with E-state index in [-0.39, 0.29) is 0 Å². The van der Waals surface area contributed by atoms with Gasteiger partial charge in [0.05, 0.1) is 11.6 Å². The summed E-state index contributed by atoms with van der Waals surface area (Å²) in [5, 5.41) is 0. The summed E-state index contributed by atoms with van der Waals surface area (Å²) >= 11 is 4.94. The van der Waals surface area contributed by atoms with Crippen molar-refractivity contribution in [1.82, 2.24) is 4.90 Å². The predicted molar refractivity (Wildman–Crippen MR) is 64.6 cm³/mol. The van der Waals surface area contributed by atoms with Crippen LogP contribution >= 0.6 is 12.2 Å². The second kappa shape index (κ2) is 8.15. The summed E-state index contributed by atoms with van der Waals surface area (Å²) in [6.07, 6.45) is 1.89. The van der Waals surface area contributed by atoms with Crippen LogP contribution in [0.15, 0.2) is 0 Å². The first-order valence-electron chi connectivity index (χ1n) is 5.16. The molecule has 1 unspecified atom stereocenters. The Morgan fingerprint density at radius 1 is 1.50 bits per heavy atom. The van der Waals surface area contributed by atoms with Crippen molar-refractivity contribution in [1.29, 1.82) is 0 Å². The standard InChI is InChI=1S/C10H22N2OS/c1-4-9(8-10(11)14)12(5-2)6-7-13-3/h9H,4-8H2,1-3H3,(H2,11,14). The van der Waals surface area contributed by atoms with Gasteiger partial charge in [-0.3, -0.25) is 4.90 Å². The minimum atomic E-state index is 0.465. The van der Waals surface area contributed by atoms with Gasteiger partial charge in [-0.25, -0.2) is 0 Å². The third-order valence-corrected chi connectivity index (χ3v) is 2.58. The number of hydrogen-bond acceptors (Lipinski definition) is 3. The summed E-state index contributed by atoms with van der Waals surface area (Å²) in [5.74, 6) is 0. The smallest absolute Gasteiger partial charge is 0.0743 e. The molecular formula is C10H22N2OS. The highest BCUT2D eigenvalue weighted by molar-refractivity contribution is 7.80. The number of ether oxygens (including phenoxy) is 1. The van der Waals surface area contributed by atoms with Crippen molar-refractivity contribution in [2.45, 2.75) is 32.7 Å². The number of likely N-dealkylation sites (N-methyl/N-ethyl adjacent to an activating group) is 1. The summed E-state index contributed by atoms with van der Waals surface area (Å²) in [6.45, 7) is 7.05. The molecule has 0 aromatic heterocycles. The Balaban J connectivity index is 4.06. The number of thiocarbonyl (C=S) groups is 1. The highest BCUT2D eigenvalue weighted by atomic mass is 32.1. The molecule has 0 radical (unpaired) electrons. The Hall–Kier alpha value is -0.190. The zero-order valence-corrected chi connectivity index (χ0v) is 10.3. The normalized spacial score (nSPS) is 13.1. The zero-order valence-electron chi connectivity index (χ0n) is 9.45. The van der Waals surface area contributed by atoms with Gasteiger partial charge in [-0.05, 0) is 13.0 Å². The molecule has 1 atom stereocenters. The molecule has 0 saturated carbocycles. The molecule has 0 amide bonds. The van der Waals surface area contributed by atoms with Gasteiger partial charge in [0.15, 0.2) is 0 Å². The maximum absolute atomic E-state index is 5.56. The van der Waals surface area contributed by atoms with E-state index in [1.807, 2.05) is 0 Å². The van der Waals surface area contributed by atoms with Crippen molar-refractivity contribution >= 4 is 17.2 Å². The molecule has 3 nitrogen and oxygen atoms in total. The largest absolute Gasteiger partial charge is 0.393 e. The quantitative estimate of drug-likeness (QED) is 0.625. The van der Waals surface area contributed by atoms with E-state index in [9.17, 15) is 0 Å². The van der Waals surface area contributed by atoms with Gasteiger partial charge >= 0.3 is 0 Å². The molecule has 2 N–H and O–H groups in total. The Morgan fingerprint density at radius 3 is 2.50 bits per heavy atom. The van der Waals surface area contributed by atoms with Crippen LogP contribution in [0.25, 0.3) is 0 Å². The molecule has 0 heterocycles. The van der Waals surface area contributed by atoms with E-state index in [1.165, 1.54) is 0 Å². The van der Waals surface area contributed by atoms with Gasteiger partial charge in [0, 0.05) is 26.1 Å². The molecule has 0 saturated heterocycles. The SMILES string of the molecule is CCC(CC(N)=S)N(CC)CCOC. The molecule has 0 rings (SSSR count). The van der Waals surface area contributed by atoms with Gasteiger partial charge in [-0.15, -0.1) is 0 Å². The fourth-order valence-electron chi connectivity index (χ4n) is 1.57. The first kappa shape index (κ1) is 13.8. The third kappa shape index (κ3) is 5.52. The Labute approximate surface area is 92.6 Å². The number of nitrogens with two attached hydrogens (primary N) is 1. The summed E-state index contributed by atoms with van der Waals surface area (Å²) < 4.78 is 5.07. The molecule has 4 heteroatoms. The molecule has 0 bridgehead atoms. The second-order valence-electron chi connectivity index (χ2n) is 3.35. The van der Waals surface area contributed by atoms with E-state index in [2.05, 4.69) is 18.7 Å². The van der Waals surface area contributed by atoms with E-state index >= 15 is 0 Å². The fraction of sp³-hybridized carbons (Fsp3) is 0.900. The van der Waals surface area contributed by atoms with Gasteiger partial charge in [-0.2, -0.15) is 0 Å². The van der Waals surface area contributed by atoms with Crippen LogP contribution < -0.4 is 5.73 Å². The minimum absolute atomic E-state index is 0.465. The fourth-order valence-corrected chi connectivity index (χ4v) is 1.76. The molecule has 0 aromatic carbocycles. The Morgan fingerprint density at radius 2 is 2.14 bits per heavy atom. The van der Waals surface area contributed by atoms with Crippen molar-refractivity contribution in [2.75, 3.05) is 26.8 Å². The second-order valence-corrected chi connectivity index (χ2v) is 3.88. The van der Waals surface area contributed by atoms with Crippen LogP contribution in [0.3, 0.4) is 0 Å². The number of hydrogen-bond donors (Lipinski definition) is 1. The maximum atomic E-state index is 5.56. The number of nitrogens with zero attached hydrogens (tertiary/aromatic N) is 1. The third-order valence-electron chi connectivity index (χ3n) is 2.41. The first-order chi connectivity index (χ1) is 6.65. The van der Waals surface area contributed by atoms with Gasteiger partial charge in [-0.1, -0.05) is 26.1 Å². The van der Waals surface area contributed by atoms with E-state index < -0.39 is 0 Å². The summed E-state index contributed by atoms with van der Waals surface area (Å²) in [4.78, 5) is 2.97. The lowest BCUT2D eigenvalue weighted by atomic mass is 10.1. The summed E-state index contributed by atoms with van der Waals surface area (Å²) in [6, 6.07) is 0.465. The first-order valence-corrected chi connectivity index (χ1v) is 5.57. The van der Waals surface area contributed by atoms with Crippen LogP contribution in [-0.4, -0.2) is 42.7 Å². The molecule has 14 heavy (non-hydrogen) atoms. The van der Waals surface area contributed by atoms with Crippen LogP contribution in [0.4, 0.5) is 0 Å². The number of rotatable bonds is 8. The Kier molecular flexibility index (Phi) is 8.04. The van der Waals surface area contributed by atoms with Crippen LogP contribution in [0.1, 0.15) is 26.7 Å². The van der Waals surface area contributed by atoms with Crippen molar-refractivity contribution in [3.05, 3.63) is 0 Å². The molecule has 0 fully saturated rings. The number of methoxy groups -OCH3 is 1. The average Bonchev–Trinajstić information content (AvgIpc) is 2.16. The van der Waals surface area contributed by atoms with Gasteiger partial charge < -0.3 is 10.5 Å².